The fourth-order valence-electron chi connectivity index (χ4n) is 2.95. The van der Waals surface area contributed by atoms with Gasteiger partial charge in [0.2, 0.25) is 0 Å². The molecule has 7 nitrogen and oxygen atoms in total. The zero-order valence-electron chi connectivity index (χ0n) is 15.3. The number of thiophene rings is 1. The van der Waals surface area contributed by atoms with Gasteiger partial charge in [0.05, 0.1) is 10.3 Å². The molecule has 8 heteroatoms. The molecule has 0 aliphatic carbocycles. The molecule has 0 amide bonds. The number of aryl methyl sites for hydroxylation is 2. The van der Waals surface area contributed by atoms with Crippen molar-refractivity contribution in [2.75, 3.05) is 5.32 Å². The highest BCUT2D eigenvalue weighted by atomic mass is 32.1. The lowest BCUT2D eigenvalue weighted by Crippen LogP contribution is -2.05. The summed E-state index contributed by atoms with van der Waals surface area (Å²) < 4.78 is 0. The maximum Gasteiger partial charge on any atom is 0.269 e. The first kappa shape index (κ1) is 18.0. The average molecular weight is 391 g/mol. The van der Waals surface area contributed by atoms with E-state index in [4.69, 9.17) is 9.97 Å². The van der Waals surface area contributed by atoms with E-state index in [1.807, 2.05) is 24.3 Å². The Morgan fingerprint density at radius 1 is 1.14 bits per heavy atom. The molecule has 0 aliphatic rings. The predicted molar refractivity (Wildman–Crippen MR) is 111 cm³/mol. The summed E-state index contributed by atoms with van der Waals surface area (Å²) in [6.07, 6.45) is 1.71. The lowest BCUT2D eigenvalue weighted by atomic mass is 10.2. The maximum absolute atomic E-state index is 11.0. The summed E-state index contributed by atoms with van der Waals surface area (Å²) in [6.45, 7) is 4.53. The van der Waals surface area contributed by atoms with Crippen LogP contribution in [0.4, 0.5) is 11.5 Å². The van der Waals surface area contributed by atoms with E-state index in [2.05, 4.69) is 24.1 Å². The van der Waals surface area contributed by atoms with E-state index < -0.39 is 4.92 Å². The SMILES string of the molecule is Cc1sc2nc(-c3ccccn3)nc(NCc3cccc([N+](=O)[O-])c3)c2c1C. The third kappa shape index (κ3) is 3.41. The molecule has 3 aromatic heterocycles. The molecule has 3 heterocycles. The maximum atomic E-state index is 11.0. The summed E-state index contributed by atoms with van der Waals surface area (Å²) in [6, 6.07) is 12.2. The highest BCUT2D eigenvalue weighted by molar-refractivity contribution is 7.18. The molecule has 1 aromatic carbocycles. The van der Waals surface area contributed by atoms with Crippen molar-refractivity contribution in [1.82, 2.24) is 15.0 Å². The lowest BCUT2D eigenvalue weighted by Gasteiger charge is -2.10. The summed E-state index contributed by atoms with van der Waals surface area (Å²) in [5.41, 5.74) is 2.72. The van der Waals surface area contributed by atoms with Crippen molar-refractivity contribution in [3.05, 3.63) is 74.8 Å². The molecule has 0 unspecified atom stereocenters. The summed E-state index contributed by atoms with van der Waals surface area (Å²) in [5, 5.41) is 15.3. The van der Waals surface area contributed by atoms with Crippen molar-refractivity contribution in [3.8, 4) is 11.5 Å². The minimum absolute atomic E-state index is 0.0730. The molecule has 4 rings (SSSR count). The number of fused-ring (bicyclic) bond motifs is 1. The molecule has 0 saturated heterocycles. The van der Waals surface area contributed by atoms with Gasteiger partial charge in [-0.3, -0.25) is 15.1 Å². The Bertz CT molecular complexity index is 1170. The van der Waals surface area contributed by atoms with Gasteiger partial charge in [-0.1, -0.05) is 18.2 Å². The molecule has 0 spiro atoms. The van der Waals surface area contributed by atoms with Crippen molar-refractivity contribution in [2.24, 2.45) is 0 Å². The molecule has 28 heavy (non-hydrogen) atoms. The summed E-state index contributed by atoms with van der Waals surface area (Å²) in [5.74, 6) is 1.26. The number of nitrogens with zero attached hydrogens (tertiary/aromatic N) is 4. The number of nitro groups is 1. The van der Waals surface area contributed by atoms with Gasteiger partial charge in [-0.05, 0) is 37.1 Å². The number of nitro benzene ring substituents is 1. The first-order valence-corrected chi connectivity index (χ1v) is 9.51. The van der Waals surface area contributed by atoms with Crippen LogP contribution in [-0.2, 0) is 6.54 Å². The Hall–Kier alpha value is -3.39. The first-order valence-electron chi connectivity index (χ1n) is 8.69. The van der Waals surface area contributed by atoms with Crippen LogP contribution >= 0.6 is 11.3 Å². The second-order valence-corrected chi connectivity index (χ2v) is 7.56. The predicted octanol–water partition coefficient (Wildman–Crippen LogP) is 4.89. The molecular weight excluding hydrogens is 374 g/mol. The van der Waals surface area contributed by atoms with Gasteiger partial charge in [0.15, 0.2) is 5.82 Å². The summed E-state index contributed by atoms with van der Waals surface area (Å²) in [4.78, 5) is 26.5. The van der Waals surface area contributed by atoms with Gasteiger partial charge in [0.25, 0.3) is 5.69 Å². The first-order chi connectivity index (χ1) is 13.5. The van der Waals surface area contributed by atoms with Crippen LogP contribution in [0.25, 0.3) is 21.7 Å². The number of benzene rings is 1. The van der Waals surface area contributed by atoms with Crippen molar-refractivity contribution in [3.63, 3.8) is 0 Å². The van der Waals surface area contributed by atoms with Crippen LogP contribution in [-0.4, -0.2) is 19.9 Å². The smallest absolute Gasteiger partial charge is 0.269 e. The molecule has 0 fully saturated rings. The van der Waals surface area contributed by atoms with Crippen LogP contribution in [0.3, 0.4) is 0 Å². The van der Waals surface area contributed by atoms with Crippen LogP contribution in [0.15, 0.2) is 48.7 Å². The third-order valence-electron chi connectivity index (χ3n) is 4.50. The van der Waals surface area contributed by atoms with Gasteiger partial charge >= 0.3 is 0 Å². The van der Waals surface area contributed by atoms with Crippen LogP contribution in [0.2, 0.25) is 0 Å². The number of nitrogens with one attached hydrogen (secondary N) is 1. The highest BCUT2D eigenvalue weighted by Crippen LogP contribution is 2.35. The van der Waals surface area contributed by atoms with E-state index in [1.54, 1.807) is 29.7 Å². The minimum atomic E-state index is -0.391. The van der Waals surface area contributed by atoms with Crippen LogP contribution in [0, 0.1) is 24.0 Å². The Labute approximate surface area is 165 Å². The van der Waals surface area contributed by atoms with Crippen molar-refractivity contribution in [1.29, 1.82) is 0 Å². The van der Waals surface area contributed by atoms with Gasteiger partial charge < -0.3 is 5.32 Å². The molecule has 0 atom stereocenters. The number of pyridine rings is 1. The van der Waals surface area contributed by atoms with E-state index in [9.17, 15) is 10.1 Å². The topological polar surface area (TPSA) is 93.8 Å². The van der Waals surface area contributed by atoms with Crippen molar-refractivity contribution >= 4 is 33.1 Å². The number of hydrogen-bond donors (Lipinski definition) is 1. The van der Waals surface area contributed by atoms with Gasteiger partial charge in [-0.15, -0.1) is 11.3 Å². The molecule has 0 bridgehead atoms. The number of aromatic nitrogens is 3. The van der Waals surface area contributed by atoms with Crippen molar-refractivity contribution < 1.29 is 4.92 Å². The quantitative estimate of drug-likeness (QED) is 0.384. The van der Waals surface area contributed by atoms with Gasteiger partial charge in [-0.25, -0.2) is 9.97 Å². The van der Waals surface area contributed by atoms with Crippen LogP contribution < -0.4 is 5.32 Å². The lowest BCUT2D eigenvalue weighted by molar-refractivity contribution is -0.384. The average Bonchev–Trinajstić information content (AvgIpc) is 3.01. The van der Waals surface area contributed by atoms with E-state index in [0.29, 0.717) is 23.9 Å². The molecule has 4 aromatic rings. The molecule has 1 N–H and O–H groups in total. The van der Waals surface area contributed by atoms with Gasteiger partial charge in [-0.2, -0.15) is 0 Å². The fourth-order valence-corrected chi connectivity index (χ4v) is 3.98. The molecular formula is C20H17N5O2S. The minimum Gasteiger partial charge on any atom is -0.365 e. The number of anilines is 1. The van der Waals surface area contributed by atoms with Gasteiger partial charge in [0.1, 0.15) is 16.3 Å². The standard InChI is InChI=1S/C20H17N5O2S/c1-12-13(2)28-20-17(12)19(23-18(24-20)16-8-3-4-9-21-16)22-11-14-6-5-7-15(10-14)25(26)27/h3-10H,11H2,1-2H3,(H,22,23,24). The fraction of sp³-hybridized carbons (Fsp3) is 0.150. The second-order valence-electron chi connectivity index (χ2n) is 6.35. The van der Waals surface area contributed by atoms with E-state index in [-0.39, 0.29) is 5.69 Å². The van der Waals surface area contributed by atoms with E-state index in [1.165, 1.54) is 10.9 Å². The summed E-state index contributed by atoms with van der Waals surface area (Å²) >= 11 is 1.62. The molecule has 0 radical (unpaired) electrons. The number of rotatable bonds is 5. The Balaban J connectivity index is 1.74. The molecule has 140 valence electrons. The van der Waals surface area contributed by atoms with Crippen molar-refractivity contribution in [2.45, 2.75) is 20.4 Å². The Kier molecular flexibility index (Phi) is 4.70. The molecule has 0 saturated carbocycles. The Morgan fingerprint density at radius 3 is 2.75 bits per heavy atom. The number of hydrogen-bond acceptors (Lipinski definition) is 7. The van der Waals surface area contributed by atoms with E-state index in [0.717, 1.165) is 21.3 Å². The summed E-state index contributed by atoms with van der Waals surface area (Å²) in [7, 11) is 0. The van der Waals surface area contributed by atoms with Gasteiger partial charge in [0, 0.05) is 29.8 Å². The molecule has 0 aliphatic heterocycles. The zero-order valence-corrected chi connectivity index (χ0v) is 16.2. The highest BCUT2D eigenvalue weighted by Gasteiger charge is 2.16. The monoisotopic (exact) mass is 391 g/mol. The van der Waals surface area contributed by atoms with Crippen LogP contribution in [0.1, 0.15) is 16.0 Å². The largest absolute Gasteiger partial charge is 0.365 e. The van der Waals surface area contributed by atoms with E-state index >= 15 is 0 Å². The van der Waals surface area contributed by atoms with Crippen LogP contribution in [0.5, 0.6) is 0 Å². The number of non-ortho nitro benzene ring substituents is 1. The second kappa shape index (κ2) is 7.32. The normalized spacial score (nSPS) is 10.9. The zero-order chi connectivity index (χ0) is 19.7. The third-order valence-corrected chi connectivity index (χ3v) is 5.61. The Morgan fingerprint density at radius 2 is 2.00 bits per heavy atom.